The summed E-state index contributed by atoms with van der Waals surface area (Å²) in [5.74, 6) is 0. The lowest BCUT2D eigenvalue weighted by atomic mass is 9.99. The summed E-state index contributed by atoms with van der Waals surface area (Å²) in [5, 5.41) is 0. The number of benzene rings is 1. The SMILES string of the molecule is CN(Cc1ccccc1)CC1(N)CCOC1. The Hall–Kier alpha value is -0.900. The lowest BCUT2D eigenvalue weighted by Gasteiger charge is -2.28. The Bertz CT molecular complexity index is 320. The zero-order valence-electron chi connectivity index (χ0n) is 9.86. The van der Waals surface area contributed by atoms with E-state index in [-0.39, 0.29) is 5.54 Å². The van der Waals surface area contributed by atoms with Crippen molar-refractivity contribution >= 4 is 0 Å². The predicted molar refractivity (Wildman–Crippen MR) is 65.1 cm³/mol. The molecule has 1 aliphatic heterocycles. The normalized spacial score (nSPS) is 25.2. The summed E-state index contributed by atoms with van der Waals surface area (Å²) in [6.45, 7) is 3.32. The molecular weight excluding hydrogens is 200 g/mol. The van der Waals surface area contributed by atoms with Crippen LogP contribution in [0.1, 0.15) is 12.0 Å². The maximum Gasteiger partial charge on any atom is 0.0659 e. The Morgan fingerprint density at radius 1 is 1.38 bits per heavy atom. The molecule has 3 heteroatoms. The molecule has 1 heterocycles. The second-order valence-electron chi connectivity index (χ2n) is 4.82. The second kappa shape index (κ2) is 4.95. The summed E-state index contributed by atoms with van der Waals surface area (Å²) >= 11 is 0. The third-order valence-electron chi connectivity index (χ3n) is 3.01. The van der Waals surface area contributed by atoms with E-state index >= 15 is 0 Å². The molecule has 0 amide bonds. The maximum atomic E-state index is 6.25. The van der Waals surface area contributed by atoms with Gasteiger partial charge < -0.3 is 15.4 Å². The molecule has 16 heavy (non-hydrogen) atoms. The van der Waals surface area contributed by atoms with E-state index < -0.39 is 0 Å². The predicted octanol–water partition coefficient (Wildman–Crippen LogP) is 1.24. The van der Waals surface area contributed by atoms with Crippen molar-refractivity contribution in [3.05, 3.63) is 35.9 Å². The summed E-state index contributed by atoms with van der Waals surface area (Å²) < 4.78 is 5.36. The van der Waals surface area contributed by atoms with Gasteiger partial charge in [-0.25, -0.2) is 0 Å². The molecule has 88 valence electrons. The number of ether oxygens (including phenoxy) is 1. The summed E-state index contributed by atoms with van der Waals surface area (Å²) in [6, 6.07) is 10.5. The molecule has 0 aromatic heterocycles. The van der Waals surface area contributed by atoms with E-state index in [0.717, 1.165) is 26.1 Å². The van der Waals surface area contributed by atoms with Crippen LogP contribution in [0.2, 0.25) is 0 Å². The summed E-state index contributed by atoms with van der Waals surface area (Å²) in [7, 11) is 2.11. The molecule has 1 atom stereocenters. The number of rotatable bonds is 4. The van der Waals surface area contributed by atoms with E-state index in [0.29, 0.717) is 6.61 Å². The van der Waals surface area contributed by atoms with Crippen molar-refractivity contribution in [2.75, 3.05) is 26.8 Å². The van der Waals surface area contributed by atoms with Gasteiger partial charge in [0.1, 0.15) is 0 Å². The van der Waals surface area contributed by atoms with Crippen LogP contribution >= 0.6 is 0 Å². The van der Waals surface area contributed by atoms with E-state index in [1.54, 1.807) is 0 Å². The Kier molecular flexibility index (Phi) is 3.59. The van der Waals surface area contributed by atoms with Gasteiger partial charge in [0.15, 0.2) is 0 Å². The summed E-state index contributed by atoms with van der Waals surface area (Å²) in [4.78, 5) is 2.27. The van der Waals surface area contributed by atoms with Crippen LogP contribution in [0, 0.1) is 0 Å². The lowest BCUT2D eigenvalue weighted by Crippen LogP contribution is -2.49. The number of hydrogen-bond acceptors (Lipinski definition) is 3. The molecule has 0 radical (unpaired) electrons. The molecule has 3 nitrogen and oxygen atoms in total. The quantitative estimate of drug-likeness (QED) is 0.829. The van der Waals surface area contributed by atoms with Gasteiger partial charge in [-0.2, -0.15) is 0 Å². The van der Waals surface area contributed by atoms with Crippen molar-refractivity contribution in [2.24, 2.45) is 5.73 Å². The first-order chi connectivity index (χ1) is 7.68. The van der Waals surface area contributed by atoms with Crippen LogP contribution in [-0.2, 0) is 11.3 Å². The molecule has 1 unspecified atom stereocenters. The van der Waals surface area contributed by atoms with E-state index in [4.69, 9.17) is 10.5 Å². The number of hydrogen-bond donors (Lipinski definition) is 1. The standard InChI is InChI=1S/C13H20N2O/c1-15(9-12-5-3-2-4-6-12)10-13(14)7-8-16-11-13/h2-6H,7-11,14H2,1H3. The average molecular weight is 220 g/mol. The Labute approximate surface area is 97.2 Å². The van der Waals surface area contributed by atoms with Crippen LogP contribution < -0.4 is 5.73 Å². The van der Waals surface area contributed by atoms with Crippen molar-refractivity contribution in [2.45, 2.75) is 18.5 Å². The van der Waals surface area contributed by atoms with E-state index in [2.05, 4.69) is 36.2 Å². The fourth-order valence-corrected chi connectivity index (χ4v) is 2.24. The summed E-state index contributed by atoms with van der Waals surface area (Å²) in [6.07, 6.45) is 0.964. The van der Waals surface area contributed by atoms with E-state index in [1.807, 2.05) is 6.07 Å². The first kappa shape index (κ1) is 11.6. The molecule has 0 aliphatic carbocycles. The molecule has 0 spiro atoms. The fourth-order valence-electron chi connectivity index (χ4n) is 2.24. The van der Waals surface area contributed by atoms with Gasteiger partial charge in [0.25, 0.3) is 0 Å². The fraction of sp³-hybridized carbons (Fsp3) is 0.538. The minimum atomic E-state index is -0.149. The van der Waals surface area contributed by atoms with E-state index in [9.17, 15) is 0 Å². The van der Waals surface area contributed by atoms with Crippen LogP contribution in [-0.4, -0.2) is 37.2 Å². The first-order valence-corrected chi connectivity index (χ1v) is 5.77. The van der Waals surface area contributed by atoms with Gasteiger partial charge in [-0.3, -0.25) is 0 Å². The summed E-state index contributed by atoms with van der Waals surface area (Å²) in [5.41, 5.74) is 7.42. The molecule has 2 N–H and O–H groups in total. The van der Waals surface area contributed by atoms with E-state index in [1.165, 1.54) is 5.56 Å². The van der Waals surface area contributed by atoms with Crippen molar-refractivity contribution in [1.82, 2.24) is 4.90 Å². The molecule has 0 bridgehead atoms. The van der Waals surface area contributed by atoms with Crippen molar-refractivity contribution < 1.29 is 4.74 Å². The van der Waals surface area contributed by atoms with Crippen LogP contribution in [0.3, 0.4) is 0 Å². The van der Waals surface area contributed by atoms with Gasteiger partial charge in [0, 0.05) is 19.7 Å². The monoisotopic (exact) mass is 220 g/mol. The van der Waals surface area contributed by atoms with Gasteiger partial charge >= 0.3 is 0 Å². The molecule has 1 aliphatic rings. The zero-order valence-corrected chi connectivity index (χ0v) is 9.86. The number of likely N-dealkylation sites (N-methyl/N-ethyl adjacent to an activating group) is 1. The number of nitrogens with two attached hydrogens (primary N) is 1. The van der Waals surface area contributed by atoms with Crippen molar-refractivity contribution in [3.8, 4) is 0 Å². The number of nitrogens with zero attached hydrogens (tertiary/aromatic N) is 1. The van der Waals surface area contributed by atoms with Crippen molar-refractivity contribution in [1.29, 1.82) is 0 Å². The van der Waals surface area contributed by atoms with Crippen LogP contribution in [0.4, 0.5) is 0 Å². The lowest BCUT2D eigenvalue weighted by molar-refractivity contribution is 0.159. The Morgan fingerprint density at radius 3 is 2.75 bits per heavy atom. The molecule has 1 aromatic rings. The van der Waals surface area contributed by atoms with Gasteiger partial charge in [-0.05, 0) is 19.0 Å². The highest BCUT2D eigenvalue weighted by Gasteiger charge is 2.31. The molecule has 2 rings (SSSR count). The smallest absolute Gasteiger partial charge is 0.0659 e. The third kappa shape index (κ3) is 3.04. The van der Waals surface area contributed by atoms with Gasteiger partial charge in [-0.15, -0.1) is 0 Å². The third-order valence-corrected chi connectivity index (χ3v) is 3.01. The van der Waals surface area contributed by atoms with Crippen LogP contribution in [0.25, 0.3) is 0 Å². The molecule has 1 fully saturated rings. The molecule has 1 saturated heterocycles. The second-order valence-corrected chi connectivity index (χ2v) is 4.82. The molecule has 1 aromatic carbocycles. The highest BCUT2D eigenvalue weighted by molar-refractivity contribution is 5.14. The van der Waals surface area contributed by atoms with Gasteiger partial charge in [0.2, 0.25) is 0 Å². The zero-order chi connectivity index (χ0) is 11.4. The maximum absolute atomic E-state index is 6.25. The average Bonchev–Trinajstić information content (AvgIpc) is 2.66. The van der Waals surface area contributed by atoms with Gasteiger partial charge in [-0.1, -0.05) is 30.3 Å². The molecular formula is C13H20N2O. The molecule has 0 saturated carbocycles. The minimum Gasteiger partial charge on any atom is -0.379 e. The largest absolute Gasteiger partial charge is 0.379 e. The topological polar surface area (TPSA) is 38.5 Å². The van der Waals surface area contributed by atoms with Gasteiger partial charge in [0.05, 0.1) is 12.1 Å². The Morgan fingerprint density at radius 2 is 2.12 bits per heavy atom. The highest BCUT2D eigenvalue weighted by Crippen LogP contribution is 2.17. The van der Waals surface area contributed by atoms with Crippen LogP contribution in [0.15, 0.2) is 30.3 Å². The Balaban J connectivity index is 1.86. The minimum absolute atomic E-state index is 0.149. The van der Waals surface area contributed by atoms with Crippen LogP contribution in [0.5, 0.6) is 0 Å². The highest BCUT2D eigenvalue weighted by atomic mass is 16.5. The first-order valence-electron chi connectivity index (χ1n) is 5.77. The van der Waals surface area contributed by atoms with Crippen molar-refractivity contribution in [3.63, 3.8) is 0 Å².